The fraction of sp³-hybridized carbons (Fsp3) is 0.364. The largest absolute Gasteiger partial charge is 0.508 e. The van der Waals surface area contributed by atoms with Crippen LogP contribution in [0.4, 0.5) is 0 Å². The smallest absolute Gasteiger partial charge is 0.255 e. The number of likely N-dealkylation sites (N-methyl/N-ethyl adjacent to an activating group) is 1. The van der Waals surface area contributed by atoms with Gasteiger partial charge in [-0.15, -0.1) is 0 Å². The normalized spacial score (nSPS) is 24.0. The van der Waals surface area contributed by atoms with E-state index in [0.29, 0.717) is 28.8 Å². The number of rotatable bonds is 9. The summed E-state index contributed by atoms with van der Waals surface area (Å²) in [5.41, 5.74) is 3.50. The third kappa shape index (κ3) is 5.25. The third-order valence-electron chi connectivity index (χ3n) is 9.00. The maximum Gasteiger partial charge on any atom is 0.255 e. The Morgan fingerprint density at radius 1 is 1.07 bits per heavy atom. The van der Waals surface area contributed by atoms with Crippen LogP contribution >= 0.6 is 0 Å². The first-order chi connectivity index (χ1) is 21.7. The lowest BCUT2D eigenvalue weighted by atomic mass is 9.57. The van der Waals surface area contributed by atoms with Crippen molar-refractivity contribution in [3.63, 3.8) is 0 Å². The summed E-state index contributed by atoms with van der Waals surface area (Å²) in [7, 11) is 3.07. The molecule has 5 rings (SSSR count). The molecule has 0 heterocycles. The number of Topliss-reactive ketones (excluding diaryl/α,β-unsaturated/α-hetero) is 3. The highest BCUT2D eigenvalue weighted by atomic mass is 16.3. The van der Waals surface area contributed by atoms with Crippen LogP contribution in [0.5, 0.6) is 5.75 Å². The maximum absolute atomic E-state index is 14.0. The summed E-state index contributed by atoms with van der Waals surface area (Å²) in [4.78, 5) is 64.9. The average Bonchev–Trinajstić information content (AvgIpc) is 2.98. The van der Waals surface area contributed by atoms with E-state index >= 15 is 0 Å². The number of hydrogen-bond acceptors (Lipinski definition) is 11. The number of benzene rings is 2. The molecule has 0 bridgehead atoms. The standard InChI is InChI=1S/C33H36N4O9/c1-15(38)14-35-9-10-36-32(45)17-6-4-5-16(11-17)19-7-8-22(39)24-20(19)12-18-13-21-26(37(2)3)28(41)25(31(34)44)30(43)33(21,46)29(42)23(18)27(24)40/h4-8,11,18,21,26,35,39-40,43,46H,9-10,12-14H2,1-3H3,(H2,34,44)(H,36,45)/t18-,21-,26-,33-/m0/s1. The second kappa shape index (κ2) is 12.2. The molecule has 13 nitrogen and oxygen atoms in total. The van der Waals surface area contributed by atoms with Crippen LogP contribution in [0.2, 0.25) is 0 Å². The first kappa shape index (κ1) is 32.5. The summed E-state index contributed by atoms with van der Waals surface area (Å²) in [6.07, 6.45) is 0.0669. The number of aliphatic hydroxyl groups excluding tert-OH is 2. The molecule has 2 amide bonds. The van der Waals surface area contributed by atoms with Gasteiger partial charge >= 0.3 is 0 Å². The third-order valence-corrected chi connectivity index (χ3v) is 9.00. The number of phenolic OH excluding ortho intramolecular Hbond substituents is 1. The van der Waals surface area contributed by atoms with Crippen LogP contribution in [0.25, 0.3) is 16.9 Å². The number of hydrogen-bond donors (Lipinski definition) is 7. The van der Waals surface area contributed by atoms with E-state index in [1.165, 1.54) is 32.0 Å². The van der Waals surface area contributed by atoms with Crippen LogP contribution in [0.3, 0.4) is 0 Å². The number of nitrogens with two attached hydrogens (primary N) is 1. The van der Waals surface area contributed by atoms with Crippen LogP contribution in [-0.4, -0.2) is 99.9 Å². The summed E-state index contributed by atoms with van der Waals surface area (Å²) in [6, 6.07) is 8.52. The highest BCUT2D eigenvalue weighted by Gasteiger charge is 2.64. The van der Waals surface area contributed by atoms with E-state index in [-0.39, 0.29) is 54.5 Å². The zero-order chi connectivity index (χ0) is 33.7. The average molecular weight is 633 g/mol. The first-order valence-electron chi connectivity index (χ1n) is 14.8. The van der Waals surface area contributed by atoms with Gasteiger partial charge in [0.1, 0.15) is 28.6 Å². The van der Waals surface area contributed by atoms with Crippen LogP contribution in [0.15, 0.2) is 53.3 Å². The molecule has 242 valence electrons. The van der Waals surface area contributed by atoms with Crippen molar-refractivity contribution < 1.29 is 44.4 Å². The number of aliphatic hydroxyl groups is 3. The van der Waals surface area contributed by atoms with Gasteiger partial charge in [0.2, 0.25) is 5.78 Å². The Labute approximate surface area is 264 Å². The Hall–Kier alpha value is -4.85. The van der Waals surface area contributed by atoms with Crippen molar-refractivity contribution in [3.05, 3.63) is 70.0 Å². The summed E-state index contributed by atoms with van der Waals surface area (Å²) in [5.74, 6) is -7.58. The second-order valence-corrected chi connectivity index (χ2v) is 12.2. The molecule has 0 spiro atoms. The molecule has 3 aliphatic carbocycles. The van der Waals surface area contributed by atoms with Crippen molar-refractivity contribution in [1.82, 2.24) is 15.5 Å². The van der Waals surface area contributed by atoms with Crippen LogP contribution < -0.4 is 16.4 Å². The van der Waals surface area contributed by atoms with Gasteiger partial charge in [-0.2, -0.15) is 0 Å². The lowest BCUT2D eigenvalue weighted by molar-refractivity contribution is -0.153. The molecule has 0 aromatic heterocycles. The van der Waals surface area contributed by atoms with Crippen molar-refractivity contribution in [2.45, 2.75) is 31.4 Å². The fourth-order valence-electron chi connectivity index (χ4n) is 6.97. The molecule has 46 heavy (non-hydrogen) atoms. The molecule has 4 atom stereocenters. The van der Waals surface area contributed by atoms with Crippen molar-refractivity contribution in [2.24, 2.45) is 17.6 Å². The van der Waals surface area contributed by atoms with Gasteiger partial charge in [0.25, 0.3) is 11.8 Å². The highest BCUT2D eigenvalue weighted by molar-refractivity contribution is 6.24. The minimum atomic E-state index is -2.72. The SMILES string of the molecule is CC(=O)CNCCNC(=O)c1cccc(-c2ccc(O)c3c2C[C@H]2C[C@H]4[C@H](N(C)C)C(=O)C(C(N)=O)=C(O)[C@@]4(O)C(=O)C2=C3O)c1. The predicted octanol–water partition coefficient (Wildman–Crippen LogP) is 0.539. The van der Waals surface area contributed by atoms with Crippen molar-refractivity contribution in [1.29, 1.82) is 0 Å². The number of nitrogens with zero attached hydrogens (tertiary/aromatic N) is 1. The molecule has 8 N–H and O–H groups in total. The highest BCUT2D eigenvalue weighted by Crippen LogP contribution is 2.53. The summed E-state index contributed by atoms with van der Waals surface area (Å²) in [6.45, 7) is 2.35. The van der Waals surface area contributed by atoms with Crippen molar-refractivity contribution in [2.75, 3.05) is 33.7 Å². The number of aromatic hydroxyl groups is 1. The molecule has 0 saturated heterocycles. The molecule has 1 saturated carbocycles. The minimum absolute atomic E-state index is 0.0190. The molecule has 0 radical (unpaired) electrons. The van der Waals surface area contributed by atoms with E-state index in [1.54, 1.807) is 30.3 Å². The number of amides is 2. The molecule has 1 fully saturated rings. The molecule has 3 aliphatic rings. The molecule has 0 unspecified atom stereocenters. The quantitative estimate of drug-likeness (QED) is 0.149. The number of ketones is 3. The Kier molecular flexibility index (Phi) is 8.60. The zero-order valence-electron chi connectivity index (χ0n) is 25.6. The number of nitrogens with one attached hydrogen (secondary N) is 2. The lowest BCUT2D eigenvalue weighted by Crippen LogP contribution is -2.65. The number of fused-ring (bicyclic) bond motifs is 3. The van der Waals surface area contributed by atoms with E-state index in [2.05, 4.69) is 10.6 Å². The number of phenols is 1. The zero-order valence-corrected chi connectivity index (χ0v) is 25.6. The van der Waals surface area contributed by atoms with Gasteiger partial charge in [0.05, 0.1) is 18.2 Å². The van der Waals surface area contributed by atoms with Crippen LogP contribution in [0.1, 0.15) is 34.8 Å². The maximum atomic E-state index is 14.0. The monoisotopic (exact) mass is 632 g/mol. The van der Waals surface area contributed by atoms with Crippen molar-refractivity contribution >= 4 is 34.9 Å². The Balaban J connectivity index is 1.55. The topological polar surface area (TPSA) is 220 Å². The van der Waals surface area contributed by atoms with Gasteiger partial charge in [-0.3, -0.25) is 28.9 Å². The predicted molar refractivity (Wildman–Crippen MR) is 166 cm³/mol. The van der Waals surface area contributed by atoms with E-state index in [4.69, 9.17) is 5.73 Å². The molecule has 0 aliphatic heterocycles. The summed E-state index contributed by atoms with van der Waals surface area (Å²) in [5, 5.41) is 50.9. The molecule has 2 aromatic carbocycles. The van der Waals surface area contributed by atoms with E-state index in [0.717, 1.165) is 0 Å². The molecule has 2 aromatic rings. The molecular weight excluding hydrogens is 596 g/mol. The van der Waals surface area contributed by atoms with Gasteiger partial charge in [0.15, 0.2) is 11.4 Å². The van der Waals surface area contributed by atoms with Crippen LogP contribution in [0, 0.1) is 11.8 Å². The molecular formula is C33H36N4O9. The van der Waals surface area contributed by atoms with E-state index in [1.807, 2.05) is 0 Å². The number of carbonyl (C=O) groups excluding carboxylic acids is 5. The second-order valence-electron chi connectivity index (χ2n) is 12.2. The number of primary amides is 1. The van der Waals surface area contributed by atoms with Crippen LogP contribution in [-0.2, 0) is 25.6 Å². The van der Waals surface area contributed by atoms with Gasteiger partial charge in [-0.1, -0.05) is 18.2 Å². The van der Waals surface area contributed by atoms with E-state index < -0.39 is 58.0 Å². The Bertz CT molecular complexity index is 1740. The minimum Gasteiger partial charge on any atom is -0.508 e. The van der Waals surface area contributed by atoms with Gasteiger partial charge in [-0.25, -0.2) is 0 Å². The number of carbonyl (C=O) groups is 5. The van der Waals surface area contributed by atoms with Gasteiger partial charge in [0, 0.05) is 30.1 Å². The summed E-state index contributed by atoms with van der Waals surface area (Å²) < 4.78 is 0. The van der Waals surface area contributed by atoms with Crippen molar-refractivity contribution in [3.8, 4) is 16.9 Å². The first-order valence-corrected chi connectivity index (χ1v) is 14.8. The summed E-state index contributed by atoms with van der Waals surface area (Å²) >= 11 is 0. The van der Waals surface area contributed by atoms with Gasteiger partial charge in [-0.05, 0) is 74.7 Å². The lowest BCUT2D eigenvalue weighted by Gasteiger charge is -2.50. The van der Waals surface area contributed by atoms with E-state index in [9.17, 15) is 44.4 Å². The molecule has 13 heteroatoms. The fourth-order valence-corrected chi connectivity index (χ4v) is 6.97. The Morgan fingerprint density at radius 3 is 2.43 bits per heavy atom. The van der Waals surface area contributed by atoms with Gasteiger partial charge < -0.3 is 36.8 Å². The Morgan fingerprint density at radius 2 is 1.78 bits per heavy atom.